The molecule has 3 aliphatic rings. The zero-order valence-corrected chi connectivity index (χ0v) is 15.1. The van der Waals surface area contributed by atoms with Gasteiger partial charge in [0.1, 0.15) is 0 Å². The maximum absolute atomic E-state index is 12.7. The molecule has 26 heavy (non-hydrogen) atoms. The number of fused-ring (bicyclic) bond motifs is 2. The Morgan fingerprint density at radius 3 is 2.65 bits per heavy atom. The molecule has 2 amide bonds. The van der Waals surface area contributed by atoms with Crippen LogP contribution in [0.4, 0.5) is 10.5 Å². The van der Waals surface area contributed by atoms with Crippen LogP contribution in [0.5, 0.6) is 11.5 Å². The number of carbonyl (C=O) groups is 2. The van der Waals surface area contributed by atoms with Crippen LogP contribution in [0, 0.1) is 11.3 Å². The summed E-state index contributed by atoms with van der Waals surface area (Å²) in [6, 6.07) is 2.96. The van der Waals surface area contributed by atoms with Gasteiger partial charge < -0.3 is 24.8 Å². The van der Waals surface area contributed by atoms with E-state index in [1.165, 1.54) is 0 Å². The van der Waals surface area contributed by atoms with Crippen LogP contribution in [0.1, 0.15) is 25.7 Å². The number of urea groups is 1. The molecule has 2 heterocycles. The topological polar surface area (TPSA) is 88.1 Å². The number of nitrogens with one attached hydrogen (secondary N) is 1. The first-order valence-electron chi connectivity index (χ1n) is 8.88. The SMILES string of the molecule is O=C(Nc1cc2c(cc1Cl)OCCCO2)N1C[C@@H]2CCC[C@@]2(C(=O)O)C1. The molecular weight excluding hydrogens is 360 g/mol. The van der Waals surface area contributed by atoms with Crippen molar-refractivity contribution in [1.82, 2.24) is 4.90 Å². The number of carboxylic acids is 1. The highest BCUT2D eigenvalue weighted by molar-refractivity contribution is 6.34. The van der Waals surface area contributed by atoms with E-state index in [4.69, 9.17) is 21.1 Å². The number of rotatable bonds is 2. The molecule has 1 aliphatic carbocycles. The van der Waals surface area contributed by atoms with Crippen LogP contribution in [0.15, 0.2) is 12.1 Å². The van der Waals surface area contributed by atoms with E-state index >= 15 is 0 Å². The summed E-state index contributed by atoms with van der Waals surface area (Å²) in [5.74, 6) is 0.322. The van der Waals surface area contributed by atoms with Gasteiger partial charge in [0.2, 0.25) is 0 Å². The first kappa shape index (κ1) is 17.3. The molecule has 0 aromatic heterocycles. The number of likely N-dealkylation sites (tertiary alicyclic amines) is 1. The van der Waals surface area contributed by atoms with Gasteiger partial charge in [-0.3, -0.25) is 4.79 Å². The van der Waals surface area contributed by atoms with E-state index in [2.05, 4.69) is 5.32 Å². The maximum Gasteiger partial charge on any atom is 0.321 e. The predicted octanol–water partition coefficient (Wildman–Crippen LogP) is 3.22. The number of anilines is 1. The molecule has 4 rings (SSSR count). The van der Waals surface area contributed by atoms with Gasteiger partial charge in [-0.1, -0.05) is 18.0 Å². The molecule has 1 aromatic carbocycles. The van der Waals surface area contributed by atoms with Crippen molar-refractivity contribution in [2.45, 2.75) is 25.7 Å². The average Bonchev–Trinajstić information content (AvgIpc) is 3.08. The fourth-order valence-corrected chi connectivity index (χ4v) is 4.47. The highest BCUT2D eigenvalue weighted by Gasteiger charge is 2.55. The molecule has 0 bridgehead atoms. The number of carboxylic acid groups (broad SMARTS) is 1. The number of hydrogen-bond donors (Lipinski definition) is 2. The predicted molar refractivity (Wildman–Crippen MR) is 95.1 cm³/mol. The normalized spacial score (nSPS) is 27.0. The summed E-state index contributed by atoms with van der Waals surface area (Å²) in [4.78, 5) is 26.0. The van der Waals surface area contributed by atoms with Crippen LogP contribution >= 0.6 is 11.6 Å². The number of hydrogen-bond acceptors (Lipinski definition) is 4. The van der Waals surface area contributed by atoms with E-state index in [0.717, 1.165) is 19.3 Å². The van der Waals surface area contributed by atoms with Gasteiger partial charge in [0, 0.05) is 31.6 Å². The third-order valence-electron chi connectivity index (χ3n) is 5.66. The molecule has 140 valence electrons. The Morgan fingerprint density at radius 1 is 1.23 bits per heavy atom. The van der Waals surface area contributed by atoms with Crippen LogP contribution in [-0.4, -0.2) is 48.3 Å². The van der Waals surface area contributed by atoms with E-state index in [-0.39, 0.29) is 18.5 Å². The van der Waals surface area contributed by atoms with Gasteiger partial charge in [0.15, 0.2) is 11.5 Å². The molecule has 2 fully saturated rings. The summed E-state index contributed by atoms with van der Waals surface area (Å²) in [5.41, 5.74) is -0.367. The van der Waals surface area contributed by atoms with Gasteiger partial charge >= 0.3 is 12.0 Å². The summed E-state index contributed by atoms with van der Waals surface area (Å²) < 4.78 is 11.2. The summed E-state index contributed by atoms with van der Waals surface area (Å²) in [5, 5.41) is 12.8. The molecule has 2 aliphatic heterocycles. The van der Waals surface area contributed by atoms with E-state index in [9.17, 15) is 14.7 Å². The largest absolute Gasteiger partial charge is 0.490 e. The Hall–Kier alpha value is -2.15. The van der Waals surface area contributed by atoms with Gasteiger partial charge in [-0.15, -0.1) is 0 Å². The van der Waals surface area contributed by atoms with Crippen molar-refractivity contribution < 1.29 is 24.2 Å². The first-order chi connectivity index (χ1) is 12.5. The quantitative estimate of drug-likeness (QED) is 0.822. The van der Waals surface area contributed by atoms with Gasteiger partial charge in [-0.25, -0.2) is 4.79 Å². The maximum atomic E-state index is 12.7. The zero-order valence-electron chi connectivity index (χ0n) is 14.3. The Morgan fingerprint density at radius 2 is 1.96 bits per heavy atom. The van der Waals surface area contributed by atoms with Gasteiger partial charge in [-0.2, -0.15) is 0 Å². The number of aliphatic carboxylic acids is 1. The van der Waals surface area contributed by atoms with E-state index in [0.29, 0.717) is 48.4 Å². The molecule has 1 saturated heterocycles. The number of nitrogens with zero attached hydrogens (tertiary/aromatic N) is 1. The average molecular weight is 381 g/mol. The third kappa shape index (κ3) is 2.84. The Balaban J connectivity index is 1.51. The van der Waals surface area contributed by atoms with Crippen molar-refractivity contribution in [2.24, 2.45) is 11.3 Å². The number of amides is 2. The number of ether oxygens (including phenoxy) is 2. The third-order valence-corrected chi connectivity index (χ3v) is 5.98. The van der Waals surface area contributed by atoms with Crippen molar-refractivity contribution in [3.63, 3.8) is 0 Å². The van der Waals surface area contributed by atoms with Crippen molar-refractivity contribution in [2.75, 3.05) is 31.6 Å². The molecule has 7 nitrogen and oxygen atoms in total. The van der Waals surface area contributed by atoms with Gasteiger partial charge in [-0.05, 0) is 18.8 Å². The monoisotopic (exact) mass is 380 g/mol. The smallest absolute Gasteiger partial charge is 0.321 e. The zero-order chi connectivity index (χ0) is 18.3. The lowest BCUT2D eigenvalue weighted by molar-refractivity contribution is -0.149. The van der Waals surface area contributed by atoms with Gasteiger partial charge in [0.25, 0.3) is 0 Å². The summed E-state index contributed by atoms with van der Waals surface area (Å²) in [7, 11) is 0. The standard InChI is InChI=1S/C18H21ClN2O5/c19-12-7-14-15(26-6-2-5-25-14)8-13(12)20-17(24)21-9-11-3-1-4-18(11,10-21)16(22)23/h7-8,11H,1-6,9-10H2,(H,20,24)(H,22,23)/t11-,18+/m0/s1. The van der Waals surface area contributed by atoms with E-state index in [1.807, 2.05) is 0 Å². The number of benzene rings is 1. The lowest BCUT2D eigenvalue weighted by Crippen LogP contribution is -2.38. The highest BCUT2D eigenvalue weighted by atomic mass is 35.5. The minimum atomic E-state index is -0.802. The van der Waals surface area contributed by atoms with Crippen molar-refractivity contribution >= 4 is 29.3 Å². The Kier molecular flexibility index (Phi) is 4.34. The fourth-order valence-electron chi connectivity index (χ4n) is 4.27. The molecule has 0 unspecified atom stereocenters. The van der Waals surface area contributed by atoms with Gasteiger partial charge in [0.05, 0.1) is 29.3 Å². The minimum Gasteiger partial charge on any atom is -0.490 e. The molecule has 1 aromatic rings. The van der Waals surface area contributed by atoms with Crippen LogP contribution < -0.4 is 14.8 Å². The molecule has 2 N–H and O–H groups in total. The summed E-state index contributed by atoms with van der Waals surface area (Å²) in [6.07, 6.45) is 3.16. The lowest BCUT2D eigenvalue weighted by Gasteiger charge is -2.23. The van der Waals surface area contributed by atoms with Crippen LogP contribution in [0.25, 0.3) is 0 Å². The lowest BCUT2D eigenvalue weighted by atomic mass is 9.81. The van der Waals surface area contributed by atoms with Crippen molar-refractivity contribution in [1.29, 1.82) is 0 Å². The molecule has 2 atom stereocenters. The van der Waals surface area contributed by atoms with Crippen molar-refractivity contribution in [3.05, 3.63) is 17.2 Å². The number of carbonyl (C=O) groups excluding carboxylic acids is 1. The summed E-state index contributed by atoms with van der Waals surface area (Å²) in [6.45, 7) is 1.79. The molecule has 0 spiro atoms. The summed E-state index contributed by atoms with van der Waals surface area (Å²) >= 11 is 6.28. The second kappa shape index (κ2) is 6.54. The first-order valence-corrected chi connectivity index (χ1v) is 9.26. The Labute approximate surface area is 156 Å². The van der Waals surface area contributed by atoms with E-state index in [1.54, 1.807) is 17.0 Å². The second-order valence-corrected chi connectivity index (χ2v) is 7.60. The molecule has 1 saturated carbocycles. The fraction of sp³-hybridized carbons (Fsp3) is 0.556. The minimum absolute atomic E-state index is 0.0185. The van der Waals surface area contributed by atoms with Crippen molar-refractivity contribution in [3.8, 4) is 11.5 Å². The van der Waals surface area contributed by atoms with Crippen LogP contribution in [0.2, 0.25) is 5.02 Å². The molecule has 8 heteroatoms. The van der Waals surface area contributed by atoms with E-state index < -0.39 is 11.4 Å². The number of halogens is 1. The molecular formula is C18H21ClN2O5. The molecule has 0 radical (unpaired) electrons. The van der Waals surface area contributed by atoms with Crippen LogP contribution in [0.3, 0.4) is 0 Å². The highest BCUT2D eigenvalue weighted by Crippen LogP contribution is 2.49. The second-order valence-electron chi connectivity index (χ2n) is 7.19. The Bertz CT molecular complexity index is 755. The van der Waals surface area contributed by atoms with Crippen LogP contribution in [-0.2, 0) is 4.79 Å².